The number of nitrogens with one attached hydrogen (secondary N) is 2. The third-order valence-electron chi connectivity index (χ3n) is 3.86. The van der Waals surface area contributed by atoms with E-state index in [9.17, 15) is 9.90 Å². The van der Waals surface area contributed by atoms with Crippen molar-refractivity contribution >= 4 is 24.5 Å². The minimum atomic E-state index is -0.163. The Labute approximate surface area is 171 Å². The van der Waals surface area contributed by atoms with Gasteiger partial charge >= 0.3 is 0 Å². The number of aromatic hydroxyl groups is 1. The first-order valence-electron chi connectivity index (χ1n) is 8.65. The number of ether oxygens (including phenoxy) is 2. The standard InChI is InChI=1S/C20H25N3O4.ClH/c1-26-18-8-5-15(13-19(18)27-2)9-11-21-12-10-20(25)23-22-14-16-3-6-17(24)7-4-16;/h3-8,13-14,21,24H,9-12H2,1-2H3,(H,23,25);1H. The van der Waals surface area contributed by atoms with Crippen LogP contribution in [0.3, 0.4) is 0 Å². The minimum absolute atomic E-state index is 0. The molecule has 0 heterocycles. The van der Waals surface area contributed by atoms with Gasteiger partial charge in [0, 0.05) is 13.0 Å². The van der Waals surface area contributed by atoms with Gasteiger partial charge in [-0.25, -0.2) is 5.43 Å². The summed E-state index contributed by atoms with van der Waals surface area (Å²) in [6.45, 7) is 1.31. The van der Waals surface area contributed by atoms with Gasteiger partial charge in [-0.1, -0.05) is 6.07 Å². The number of rotatable bonds is 10. The second-order valence-corrected chi connectivity index (χ2v) is 5.82. The lowest BCUT2D eigenvalue weighted by Gasteiger charge is -2.10. The number of halogens is 1. The third kappa shape index (κ3) is 7.85. The van der Waals surface area contributed by atoms with Gasteiger partial charge < -0.3 is 19.9 Å². The van der Waals surface area contributed by atoms with Crippen LogP contribution in [0.2, 0.25) is 0 Å². The molecule has 0 saturated heterocycles. The quantitative estimate of drug-likeness (QED) is 0.320. The van der Waals surface area contributed by atoms with Crippen molar-refractivity contribution in [1.82, 2.24) is 10.7 Å². The average molecular weight is 408 g/mol. The van der Waals surface area contributed by atoms with E-state index in [1.165, 1.54) is 6.21 Å². The topological polar surface area (TPSA) is 92.2 Å². The molecule has 0 atom stereocenters. The molecule has 2 rings (SSSR count). The maximum atomic E-state index is 11.7. The molecule has 0 spiro atoms. The molecular weight excluding hydrogens is 382 g/mol. The largest absolute Gasteiger partial charge is 0.508 e. The lowest BCUT2D eigenvalue weighted by molar-refractivity contribution is -0.120. The first-order chi connectivity index (χ1) is 13.1. The Kier molecular flexibility index (Phi) is 10.5. The Balaban J connectivity index is 0.00000392. The van der Waals surface area contributed by atoms with Gasteiger partial charge in [0.25, 0.3) is 0 Å². The summed E-state index contributed by atoms with van der Waals surface area (Å²) in [5.41, 5.74) is 4.40. The lowest BCUT2D eigenvalue weighted by Crippen LogP contribution is -2.25. The van der Waals surface area contributed by atoms with Gasteiger partial charge in [0.05, 0.1) is 20.4 Å². The van der Waals surface area contributed by atoms with Gasteiger partial charge in [0.1, 0.15) is 5.75 Å². The zero-order chi connectivity index (χ0) is 19.5. The van der Waals surface area contributed by atoms with Crippen molar-refractivity contribution in [3.05, 3.63) is 53.6 Å². The van der Waals surface area contributed by atoms with E-state index >= 15 is 0 Å². The van der Waals surface area contributed by atoms with E-state index in [2.05, 4.69) is 15.8 Å². The van der Waals surface area contributed by atoms with E-state index in [0.29, 0.717) is 24.5 Å². The van der Waals surface area contributed by atoms with Gasteiger partial charge in [0.2, 0.25) is 5.91 Å². The molecule has 28 heavy (non-hydrogen) atoms. The van der Waals surface area contributed by atoms with Crippen molar-refractivity contribution in [3.8, 4) is 17.2 Å². The van der Waals surface area contributed by atoms with E-state index in [0.717, 1.165) is 24.1 Å². The molecule has 0 aliphatic rings. The Morgan fingerprint density at radius 2 is 1.79 bits per heavy atom. The van der Waals surface area contributed by atoms with Crippen LogP contribution in [0, 0.1) is 0 Å². The number of benzene rings is 2. The fourth-order valence-corrected chi connectivity index (χ4v) is 2.39. The van der Waals surface area contributed by atoms with Gasteiger partial charge in [-0.2, -0.15) is 5.10 Å². The summed E-state index contributed by atoms with van der Waals surface area (Å²) in [4.78, 5) is 11.7. The molecule has 0 aliphatic heterocycles. The number of hydrazone groups is 1. The molecule has 0 aromatic heterocycles. The smallest absolute Gasteiger partial charge is 0.241 e. The molecule has 2 aromatic carbocycles. The molecule has 152 valence electrons. The van der Waals surface area contributed by atoms with Gasteiger partial charge in [0.15, 0.2) is 11.5 Å². The summed E-state index contributed by atoms with van der Waals surface area (Å²) in [5.74, 6) is 1.44. The van der Waals surface area contributed by atoms with Crippen molar-refractivity contribution in [3.63, 3.8) is 0 Å². The van der Waals surface area contributed by atoms with Crippen molar-refractivity contribution in [2.45, 2.75) is 12.8 Å². The van der Waals surface area contributed by atoms with E-state index in [4.69, 9.17) is 9.47 Å². The fraction of sp³-hybridized carbons (Fsp3) is 0.300. The summed E-state index contributed by atoms with van der Waals surface area (Å²) >= 11 is 0. The van der Waals surface area contributed by atoms with Crippen LogP contribution in [0.5, 0.6) is 17.2 Å². The molecule has 0 saturated carbocycles. The third-order valence-corrected chi connectivity index (χ3v) is 3.86. The Morgan fingerprint density at radius 3 is 2.46 bits per heavy atom. The van der Waals surface area contributed by atoms with Crippen LogP contribution in [0.25, 0.3) is 0 Å². The normalized spacial score (nSPS) is 10.4. The van der Waals surface area contributed by atoms with E-state index in [1.54, 1.807) is 38.5 Å². The SMILES string of the molecule is COc1ccc(CCNCCC(=O)NN=Cc2ccc(O)cc2)cc1OC.Cl. The van der Waals surface area contributed by atoms with E-state index in [1.807, 2.05) is 18.2 Å². The number of methoxy groups -OCH3 is 2. The maximum Gasteiger partial charge on any atom is 0.241 e. The second kappa shape index (κ2) is 12.6. The molecule has 2 aromatic rings. The van der Waals surface area contributed by atoms with E-state index in [-0.39, 0.29) is 24.1 Å². The fourth-order valence-electron chi connectivity index (χ4n) is 2.39. The predicted molar refractivity (Wildman–Crippen MR) is 112 cm³/mol. The molecular formula is C20H26ClN3O4. The van der Waals surface area contributed by atoms with Gasteiger partial charge in [-0.05, 0) is 60.5 Å². The Hall–Kier alpha value is -2.77. The highest BCUT2D eigenvalue weighted by Crippen LogP contribution is 2.27. The molecule has 7 nitrogen and oxygen atoms in total. The van der Waals surface area contributed by atoms with Crippen LogP contribution < -0.4 is 20.2 Å². The summed E-state index contributed by atoms with van der Waals surface area (Å²) < 4.78 is 10.5. The number of hydrogen-bond donors (Lipinski definition) is 3. The molecule has 0 unspecified atom stereocenters. The number of carbonyl (C=O) groups excluding carboxylic acids is 1. The molecule has 0 bridgehead atoms. The molecule has 0 aliphatic carbocycles. The summed E-state index contributed by atoms with van der Waals surface area (Å²) in [5, 5.41) is 16.3. The summed E-state index contributed by atoms with van der Waals surface area (Å²) in [7, 11) is 3.22. The average Bonchev–Trinajstić information content (AvgIpc) is 2.69. The van der Waals surface area contributed by atoms with Crippen molar-refractivity contribution in [1.29, 1.82) is 0 Å². The summed E-state index contributed by atoms with van der Waals surface area (Å²) in [6.07, 6.45) is 2.68. The zero-order valence-electron chi connectivity index (χ0n) is 16.0. The first kappa shape index (κ1) is 23.3. The Bertz CT molecular complexity index is 767. The summed E-state index contributed by atoms with van der Waals surface area (Å²) in [6, 6.07) is 12.4. The van der Waals surface area contributed by atoms with Crippen LogP contribution in [0.1, 0.15) is 17.5 Å². The van der Waals surface area contributed by atoms with Crippen LogP contribution in [0.4, 0.5) is 0 Å². The number of carbonyl (C=O) groups is 1. The lowest BCUT2D eigenvalue weighted by atomic mass is 10.1. The number of phenols is 1. The zero-order valence-corrected chi connectivity index (χ0v) is 16.8. The Morgan fingerprint density at radius 1 is 1.07 bits per heavy atom. The first-order valence-corrected chi connectivity index (χ1v) is 8.65. The van der Waals surface area contributed by atoms with Crippen molar-refractivity contribution < 1.29 is 19.4 Å². The van der Waals surface area contributed by atoms with Gasteiger partial charge in [-0.15, -0.1) is 12.4 Å². The van der Waals surface area contributed by atoms with E-state index < -0.39 is 0 Å². The van der Waals surface area contributed by atoms with Crippen molar-refractivity contribution in [2.75, 3.05) is 27.3 Å². The minimum Gasteiger partial charge on any atom is -0.508 e. The molecule has 1 amide bonds. The maximum absolute atomic E-state index is 11.7. The molecule has 3 N–H and O–H groups in total. The predicted octanol–water partition coefficient (Wildman–Crippen LogP) is 2.50. The molecule has 0 fully saturated rings. The molecule has 0 radical (unpaired) electrons. The van der Waals surface area contributed by atoms with Crippen LogP contribution in [0.15, 0.2) is 47.6 Å². The highest BCUT2D eigenvalue weighted by molar-refractivity contribution is 5.85. The van der Waals surface area contributed by atoms with Crippen LogP contribution in [-0.2, 0) is 11.2 Å². The van der Waals surface area contributed by atoms with Crippen LogP contribution in [-0.4, -0.2) is 44.5 Å². The monoisotopic (exact) mass is 407 g/mol. The number of nitrogens with zero attached hydrogens (tertiary/aromatic N) is 1. The van der Waals surface area contributed by atoms with Gasteiger partial charge in [-0.3, -0.25) is 4.79 Å². The second-order valence-electron chi connectivity index (χ2n) is 5.82. The number of hydrogen-bond acceptors (Lipinski definition) is 6. The number of phenolic OH excluding ortho intramolecular Hbond substituents is 1. The molecule has 8 heteroatoms. The highest BCUT2D eigenvalue weighted by atomic mass is 35.5. The highest BCUT2D eigenvalue weighted by Gasteiger charge is 2.04. The van der Waals surface area contributed by atoms with Crippen molar-refractivity contribution in [2.24, 2.45) is 5.10 Å². The number of amides is 1. The van der Waals surface area contributed by atoms with Crippen LogP contribution >= 0.6 is 12.4 Å².